The van der Waals surface area contributed by atoms with Gasteiger partial charge in [0.05, 0.1) is 0 Å². The number of carboxylic acids is 1. The molecule has 0 amide bonds. The lowest BCUT2D eigenvalue weighted by Gasteiger charge is -1.86. The normalized spacial score (nSPS) is 12.2. The molecule has 9 heavy (non-hydrogen) atoms. The molecular weight excluding hydrogens is 137 g/mol. The van der Waals surface area contributed by atoms with E-state index in [0.29, 0.717) is 0 Å². The summed E-state index contributed by atoms with van der Waals surface area (Å²) in [4.78, 5) is 9.46. The van der Waals surface area contributed by atoms with Crippen LogP contribution in [0.15, 0.2) is 11.9 Å². The minimum atomic E-state index is -3.05. The Morgan fingerprint density at radius 3 is 2.11 bits per heavy atom. The van der Waals surface area contributed by atoms with Gasteiger partial charge < -0.3 is 5.11 Å². The van der Waals surface area contributed by atoms with Gasteiger partial charge in [0, 0.05) is 6.08 Å². The van der Waals surface area contributed by atoms with Crippen molar-refractivity contribution in [2.45, 2.75) is 6.43 Å². The lowest BCUT2D eigenvalue weighted by atomic mass is 10.5. The minimum absolute atomic E-state index is 0.275. The maximum absolute atomic E-state index is 11.6. The van der Waals surface area contributed by atoms with Gasteiger partial charge in [0.15, 0.2) is 0 Å². The summed E-state index contributed by atoms with van der Waals surface area (Å²) >= 11 is 0. The molecule has 0 aliphatic heterocycles. The van der Waals surface area contributed by atoms with Crippen LogP contribution in [0.5, 0.6) is 0 Å². The highest BCUT2D eigenvalue weighted by Crippen LogP contribution is 2.02. The third-order valence-electron chi connectivity index (χ3n) is 0.477. The van der Waals surface area contributed by atoms with Crippen molar-refractivity contribution in [1.82, 2.24) is 0 Å². The van der Waals surface area contributed by atoms with E-state index in [2.05, 4.69) is 0 Å². The molecule has 5 heteroatoms. The Morgan fingerprint density at radius 2 is 2.00 bits per heavy atom. The quantitative estimate of drug-likeness (QED) is 0.585. The van der Waals surface area contributed by atoms with Gasteiger partial charge in [-0.2, -0.15) is 4.39 Å². The summed E-state index contributed by atoms with van der Waals surface area (Å²) in [6.07, 6.45) is -3.33. The van der Waals surface area contributed by atoms with E-state index in [1.165, 1.54) is 0 Å². The molecule has 0 aromatic rings. The molecule has 1 N–H and O–H groups in total. The lowest BCUT2D eigenvalue weighted by molar-refractivity contribution is -0.134. The first-order valence-electron chi connectivity index (χ1n) is 1.93. The largest absolute Gasteiger partial charge is 0.476 e. The Morgan fingerprint density at radius 1 is 1.56 bits per heavy atom. The maximum Gasteiger partial charge on any atom is 0.364 e. The van der Waals surface area contributed by atoms with Crippen LogP contribution in [0.1, 0.15) is 0 Å². The summed E-state index contributed by atoms with van der Waals surface area (Å²) in [6.45, 7) is 0. The molecule has 0 radical (unpaired) electrons. The number of halogens is 3. The second kappa shape index (κ2) is 3.11. The number of carbonyl (C=O) groups is 1. The molecule has 0 saturated carbocycles. The van der Waals surface area contributed by atoms with Gasteiger partial charge in [-0.1, -0.05) is 0 Å². The number of hydrogen-bond acceptors (Lipinski definition) is 1. The van der Waals surface area contributed by atoms with Crippen molar-refractivity contribution in [3.63, 3.8) is 0 Å². The fourth-order valence-electron chi connectivity index (χ4n) is 0.182. The average Bonchev–Trinajstić information content (AvgIpc) is 1.63. The number of alkyl halides is 2. The van der Waals surface area contributed by atoms with Crippen molar-refractivity contribution in [1.29, 1.82) is 0 Å². The number of allylic oxidation sites excluding steroid dienone is 1. The highest BCUT2D eigenvalue weighted by Gasteiger charge is 2.08. The number of aliphatic carboxylic acids is 1. The van der Waals surface area contributed by atoms with Gasteiger partial charge in [-0.3, -0.25) is 0 Å². The number of carboxylic acid groups (broad SMARTS) is 1. The molecule has 2 nitrogen and oxygen atoms in total. The fraction of sp³-hybridized carbons (Fsp3) is 0.250. The van der Waals surface area contributed by atoms with Crippen LogP contribution >= 0.6 is 0 Å². The Labute approximate surface area is 48.6 Å². The Kier molecular flexibility index (Phi) is 2.77. The van der Waals surface area contributed by atoms with Gasteiger partial charge in [0.2, 0.25) is 5.83 Å². The van der Waals surface area contributed by atoms with Crippen molar-refractivity contribution >= 4 is 5.97 Å². The maximum atomic E-state index is 11.6. The molecule has 0 bridgehead atoms. The monoisotopic (exact) mass is 140 g/mol. The summed E-state index contributed by atoms with van der Waals surface area (Å²) in [5, 5.41) is 7.65. The van der Waals surface area contributed by atoms with Crippen LogP contribution in [0.4, 0.5) is 13.2 Å². The van der Waals surface area contributed by atoms with Gasteiger partial charge in [-0.05, 0) is 0 Å². The fourth-order valence-corrected chi connectivity index (χ4v) is 0.182. The third kappa shape index (κ3) is 3.57. The summed E-state index contributed by atoms with van der Waals surface area (Å²) in [6, 6.07) is 0. The first-order chi connectivity index (χ1) is 4.04. The van der Waals surface area contributed by atoms with Gasteiger partial charge >= 0.3 is 5.97 Å². The van der Waals surface area contributed by atoms with Gasteiger partial charge in [-0.15, -0.1) is 0 Å². The third-order valence-corrected chi connectivity index (χ3v) is 0.477. The number of hydrogen-bond donors (Lipinski definition) is 1. The van der Waals surface area contributed by atoms with Crippen LogP contribution in [0.25, 0.3) is 0 Å². The van der Waals surface area contributed by atoms with Gasteiger partial charge in [0.25, 0.3) is 6.43 Å². The van der Waals surface area contributed by atoms with Crippen molar-refractivity contribution in [3.05, 3.63) is 11.9 Å². The van der Waals surface area contributed by atoms with Crippen molar-refractivity contribution < 1.29 is 23.1 Å². The summed E-state index contributed by atoms with van der Waals surface area (Å²) in [7, 11) is 0. The molecule has 0 unspecified atom stereocenters. The lowest BCUT2D eigenvalue weighted by Crippen LogP contribution is -1.97. The first-order valence-corrected chi connectivity index (χ1v) is 1.93. The van der Waals surface area contributed by atoms with E-state index in [1.807, 2.05) is 0 Å². The van der Waals surface area contributed by atoms with Crippen molar-refractivity contribution in [2.24, 2.45) is 0 Å². The van der Waals surface area contributed by atoms with E-state index in [-0.39, 0.29) is 6.08 Å². The molecule has 0 heterocycles. The molecule has 0 aliphatic carbocycles. The van der Waals surface area contributed by atoms with E-state index in [9.17, 15) is 18.0 Å². The molecule has 52 valence electrons. The van der Waals surface area contributed by atoms with Gasteiger partial charge in [-0.25, -0.2) is 13.6 Å². The van der Waals surface area contributed by atoms with Crippen molar-refractivity contribution in [2.75, 3.05) is 0 Å². The minimum Gasteiger partial charge on any atom is -0.476 e. The smallest absolute Gasteiger partial charge is 0.364 e. The molecule has 0 aromatic heterocycles. The predicted octanol–water partition coefficient (Wildman–Crippen LogP) is 1.19. The zero-order valence-corrected chi connectivity index (χ0v) is 4.14. The van der Waals surface area contributed by atoms with Gasteiger partial charge in [0.1, 0.15) is 0 Å². The molecular formula is C4H3F3O2. The van der Waals surface area contributed by atoms with E-state index in [4.69, 9.17) is 5.11 Å². The van der Waals surface area contributed by atoms with E-state index in [1.54, 1.807) is 0 Å². The topological polar surface area (TPSA) is 37.3 Å². The first kappa shape index (κ1) is 8.00. The standard InChI is InChI=1S/C4H3F3O2/c5-2(4(8)9)1-3(6)7/h1,3H,(H,8,9)/b2-1-. The molecule has 0 aliphatic rings. The van der Waals surface area contributed by atoms with Crippen molar-refractivity contribution in [3.8, 4) is 0 Å². The van der Waals surface area contributed by atoms with E-state index >= 15 is 0 Å². The highest BCUT2D eigenvalue weighted by molar-refractivity contribution is 5.83. The molecule has 0 rings (SSSR count). The molecule has 0 fully saturated rings. The zero-order valence-electron chi connectivity index (χ0n) is 4.14. The summed E-state index contributed by atoms with van der Waals surface area (Å²) in [5.41, 5.74) is 0. The predicted molar refractivity (Wildman–Crippen MR) is 22.8 cm³/mol. The molecule has 0 saturated heterocycles. The van der Waals surface area contributed by atoms with E-state index in [0.717, 1.165) is 0 Å². The summed E-state index contributed by atoms with van der Waals surface area (Å²) in [5.74, 6) is -3.81. The van der Waals surface area contributed by atoms with Crippen LogP contribution in [0.3, 0.4) is 0 Å². The Hall–Kier alpha value is -1.00. The van der Waals surface area contributed by atoms with Crippen LogP contribution in [0, 0.1) is 0 Å². The van der Waals surface area contributed by atoms with Crippen LogP contribution < -0.4 is 0 Å². The Bertz CT molecular complexity index is 141. The summed E-state index contributed by atoms with van der Waals surface area (Å²) < 4.78 is 33.7. The zero-order chi connectivity index (χ0) is 7.44. The highest BCUT2D eigenvalue weighted by atomic mass is 19.3. The second-order valence-electron chi connectivity index (χ2n) is 1.15. The molecule has 0 aromatic carbocycles. The van der Waals surface area contributed by atoms with E-state index < -0.39 is 18.2 Å². The SMILES string of the molecule is O=C(O)/C(F)=C/C(F)F. The molecule has 0 spiro atoms. The van der Waals surface area contributed by atoms with Crippen LogP contribution in [0.2, 0.25) is 0 Å². The Balaban J connectivity index is 4.00. The molecule has 0 atom stereocenters. The average molecular weight is 140 g/mol. The number of rotatable bonds is 2. The van der Waals surface area contributed by atoms with Crippen LogP contribution in [-0.2, 0) is 4.79 Å². The van der Waals surface area contributed by atoms with Crippen LogP contribution in [-0.4, -0.2) is 17.5 Å². The second-order valence-corrected chi connectivity index (χ2v) is 1.15.